The summed E-state index contributed by atoms with van der Waals surface area (Å²) in [7, 11) is 0. The zero-order valence-corrected chi connectivity index (χ0v) is 11.2. The van der Waals surface area contributed by atoms with Gasteiger partial charge in [0, 0.05) is 17.8 Å². The zero-order valence-electron chi connectivity index (χ0n) is 10.5. The van der Waals surface area contributed by atoms with Crippen molar-refractivity contribution in [2.75, 3.05) is 5.32 Å². The van der Waals surface area contributed by atoms with Crippen LogP contribution < -0.4 is 10.6 Å². The van der Waals surface area contributed by atoms with Gasteiger partial charge in [-0.25, -0.2) is 0 Å². The smallest absolute Gasteiger partial charge is 0.313 e. The fraction of sp³-hybridized carbons (Fsp3) is 0.0714. The average Bonchev–Trinajstić information content (AvgIpc) is 2.47. The summed E-state index contributed by atoms with van der Waals surface area (Å²) in [6, 6.07) is 10.4. The molecule has 0 aliphatic heterocycles. The Morgan fingerprint density at radius 2 is 1.90 bits per heavy atom. The third-order valence-electron chi connectivity index (χ3n) is 2.52. The Kier molecular flexibility index (Phi) is 4.68. The van der Waals surface area contributed by atoms with Gasteiger partial charge in [0.05, 0.1) is 11.9 Å². The third-order valence-corrected chi connectivity index (χ3v) is 2.89. The van der Waals surface area contributed by atoms with E-state index in [0.29, 0.717) is 10.7 Å². The Labute approximate surface area is 121 Å². The van der Waals surface area contributed by atoms with Crippen LogP contribution in [0, 0.1) is 0 Å². The molecular weight excluding hydrogens is 278 g/mol. The van der Waals surface area contributed by atoms with E-state index in [1.54, 1.807) is 36.5 Å². The lowest BCUT2D eigenvalue weighted by molar-refractivity contribution is -0.136. The summed E-state index contributed by atoms with van der Waals surface area (Å²) >= 11 is 5.96. The molecule has 0 unspecified atom stereocenters. The number of carbonyl (C=O) groups excluding carboxylic acids is 2. The number of halogens is 1. The van der Waals surface area contributed by atoms with E-state index in [4.69, 9.17) is 11.6 Å². The molecule has 0 saturated carbocycles. The average molecular weight is 290 g/mol. The minimum Gasteiger partial charge on any atom is -0.344 e. The Morgan fingerprint density at radius 3 is 2.60 bits per heavy atom. The Morgan fingerprint density at radius 1 is 1.10 bits per heavy atom. The van der Waals surface area contributed by atoms with Crippen molar-refractivity contribution in [3.8, 4) is 0 Å². The van der Waals surface area contributed by atoms with E-state index in [1.807, 2.05) is 6.07 Å². The predicted octanol–water partition coefficient (Wildman–Crippen LogP) is 1.99. The van der Waals surface area contributed by atoms with Crippen LogP contribution in [0.25, 0.3) is 0 Å². The lowest BCUT2D eigenvalue weighted by Gasteiger charge is -2.07. The molecule has 5 nitrogen and oxygen atoms in total. The molecule has 0 aliphatic carbocycles. The van der Waals surface area contributed by atoms with Gasteiger partial charge in [0.25, 0.3) is 0 Å². The van der Waals surface area contributed by atoms with E-state index in [1.165, 1.54) is 6.20 Å². The topological polar surface area (TPSA) is 71.1 Å². The number of hydrogen-bond acceptors (Lipinski definition) is 3. The highest BCUT2D eigenvalue weighted by Crippen LogP contribution is 2.14. The summed E-state index contributed by atoms with van der Waals surface area (Å²) in [6.45, 7) is 0.193. The standard InChI is InChI=1S/C14H12ClN3O2/c15-12-6-2-1-4-10(12)8-17-13(19)14(20)18-11-5-3-7-16-9-11/h1-7,9H,8H2,(H,17,19)(H,18,20). The van der Waals surface area contributed by atoms with E-state index in [9.17, 15) is 9.59 Å². The molecule has 0 spiro atoms. The van der Waals surface area contributed by atoms with E-state index in [2.05, 4.69) is 15.6 Å². The maximum atomic E-state index is 11.6. The van der Waals surface area contributed by atoms with Gasteiger partial charge in [-0.15, -0.1) is 0 Å². The molecule has 2 amide bonds. The summed E-state index contributed by atoms with van der Waals surface area (Å²) in [5.74, 6) is -1.47. The summed E-state index contributed by atoms with van der Waals surface area (Å²) in [6.07, 6.45) is 3.03. The molecule has 0 bridgehead atoms. The van der Waals surface area contributed by atoms with Crippen LogP contribution in [-0.4, -0.2) is 16.8 Å². The molecule has 20 heavy (non-hydrogen) atoms. The first kappa shape index (κ1) is 14.0. The molecule has 2 N–H and O–H groups in total. The molecule has 0 aliphatic rings. The normalized spacial score (nSPS) is 9.85. The molecule has 1 aromatic carbocycles. The number of pyridine rings is 1. The van der Waals surface area contributed by atoms with E-state index in [0.717, 1.165) is 5.56 Å². The number of amides is 2. The number of carbonyl (C=O) groups is 2. The Bertz CT molecular complexity index is 617. The summed E-state index contributed by atoms with van der Waals surface area (Å²) in [4.78, 5) is 27.1. The highest BCUT2D eigenvalue weighted by molar-refractivity contribution is 6.39. The SMILES string of the molecule is O=C(NCc1ccccc1Cl)C(=O)Nc1cccnc1. The van der Waals surface area contributed by atoms with Crippen LogP contribution in [0.1, 0.15) is 5.56 Å². The number of rotatable bonds is 3. The van der Waals surface area contributed by atoms with Crippen molar-refractivity contribution in [3.63, 3.8) is 0 Å². The van der Waals surface area contributed by atoms with Crippen LogP contribution >= 0.6 is 11.6 Å². The van der Waals surface area contributed by atoms with Gasteiger partial charge >= 0.3 is 11.8 Å². The predicted molar refractivity (Wildman–Crippen MR) is 76.2 cm³/mol. The van der Waals surface area contributed by atoms with Gasteiger partial charge in [-0.1, -0.05) is 29.8 Å². The van der Waals surface area contributed by atoms with Crippen molar-refractivity contribution >= 4 is 29.1 Å². The highest BCUT2D eigenvalue weighted by atomic mass is 35.5. The van der Waals surface area contributed by atoms with Crippen LogP contribution in [0.15, 0.2) is 48.8 Å². The van der Waals surface area contributed by atoms with Crippen molar-refractivity contribution in [1.82, 2.24) is 10.3 Å². The Balaban J connectivity index is 1.89. The summed E-state index contributed by atoms with van der Waals surface area (Å²) in [5, 5.41) is 5.49. The van der Waals surface area contributed by atoms with Crippen LogP contribution in [0.4, 0.5) is 5.69 Å². The van der Waals surface area contributed by atoms with Gasteiger partial charge in [-0.3, -0.25) is 14.6 Å². The monoisotopic (exact) mass is 289 g/mol. The second kappa shape index (κ2) is 6.68. The molecule has 102 valence electrons. The number of aromatic nitrogens is 1. The molecular formula is C14H12ClN3O2. The number of nitrogens with zero attached hydrogens (tertiary/aromatic N) is 1. The summed E-state index contributed by atoms with van der Waals surface area (Å²) < 4.78 is 0. The van der Waals surface area contributed by atoms with Crippen LogP contribution in [0.3, 0.4) is 0 Å². The second-order valence-electron chi connectivity index (χ2n) is 3.97. The highest BCUT2D eigenvalue weighted by Gasteiger charge is 2.13. The van der Waals surface area contributed by atoms with E-state index >= 15 is 0 Å². The zero-order chi connectivity index (χ0) is 14.4. The molecule has 1 aromatic heterocycles. The molecule has 2 rings (SSSR count). The number of hydrogen-bond donors (Lipinski definition) is 2. The molecule has 1 heterocycles. The fourth-order valence-corrected chi connectivity index (χ4v) is 1.72. The van der Waals surface area contributed by atoms with Gasteiger partial charge in [-0.2, -0.15) is 0 Å². The second-order valence-corrected chi connectivity index (χ2v) is 4.38. The van der Waals surface area contributed by atoms with Gasteiger partial charge in [0.1, 0.15) is 0 Å². The lowest BCUT2D eigenvalue weighted by atomic mass is 10.2. The molecule has 2 aromatic rings. The van der Waals surface area contributed by atoms with Crippen molar-refractivity contribution in [3.05, 3.63) is 59.4 Å². The first-order valence-electron chi connectivity index (χ1n) is 5.89. The number of anilines is 1. The van der Waals surface area contributed by atoms with Crippen LogP contribution in [0.5, 0.6) is 0 Å². The number of nitrogens with one attached hydrogen (secondary N) is 2. The van der Waals surface area contributed by atoms with Crippen molar-refractivity contribution in [2.45, 2.75) is 6.54 Å². The molecule has 0 atom stereocenters. The molecule has 0 fully saturated rings. The molecule has 6 heteroatoms. The van der Waals surface area contributed by atoms with Gasteiger partial charge in [0.15, 0.2) is 0 Å². The van der Waals surface area contributed by atoms with Crippen LogP contribution in [-0.2, 0) is 16.1 Å². The largest absolute Gasteiger partial charge is 0.344 e. The van der Waals surface area contributed by atoms with E-state index in [-0.39, 0.29) is 6.54 Å². The van der Waals surface area contributed by atoms with E-state index < -0.39 is 11.8 Å². The van der Waals surface area contributed by atoms with Crippen molar-refractivity contribution < 1.29 is 9.59 Å². The molecule has 0 saturated heterocycles. The van der Waals surface area contributed by atoms with Gasteiger partial charge in [-0.05, 0) is 23.8 Å². The fourth-order valence-electron chi connectivity index (χ4n) is 1.52. The third kappa shape index (κ3) is 3.80. The van der Waals surface area contributed by atoms with Crippen molar-refractivity contribution in [2.24, 2.45) is 0 Å². The maximum Gasteiger partial charge on any atom is 0.313 e. The Hall–Kier alpha value is -2.40. The minimum atomic E-state index is -0.745. The minimum absolute atomic E-state index is 0.193. The van der Waals surface area contributed by atoms with Gasteiger partial charge < -0.3 is 10.6 Å². The van der Waals surface area contributed by atoms with Crippen molar-refractivity contribution in [1.29, 1.82) is 0 Å². The quantitative estimate of drug-likeness (QED) is 0.849. The lowest BCUT2D eigenvalue weighted by Crippen LogP contribution is -2.35. The maximum absolute atomic E-state index is 11.6. The first-order valence-corrected chi connectivity index (χ1v) is 6.27. The first-order chi connectivity index (χ1) is 9.66. The number of benzene rings is 1. The van der Waals surface area contributed by atoms with Gasteiger partial charge in [0.2, 0.25) is 0 Å². The molecule has 0 radical (unpaired) electrons. The summed E-state index contributed by atoms with van der Waals surface area (Å²) in [5.41, 5.74) is 1.21. The van der Waals surface area contributed by atoms with Crippen LogP contribution in [0.2, 0.25) is 5.02 Å².